The highest BCUT2D eigenvalue weighted by Crippen LogP contribution is 2.24. The Morgan fingerprint density at radius 3 is 2.64 bits per heavy atom. The normalized spacial score (nSPS) is 12.2. The zero-order valence-corrected chi connectivity index (χ0v) is 16.7. The van der Waals surface area contributed by atoms with Gasteiger partial charge in [-0.1, -0.05) is 37.3 Å². The number of aromatic nitrogens is 1. The van der Waals surface area contributed by atoms with Crippen LogP contribution < -0.4 is 5.32 Å². The van der Waals surface area contributed by atoms with Gasteiger partial charge in [0.1, 0.15) is 0 Å². The van der Waals surface area contributed by atoms with Crippen molar-refractivity contribution in [3.63, 3.8) is 0 Å². The Morgan fingerprint density at radius 1 is 1.18 bits per heavy atom. The summed E-state index contributed by atoms with van der Waals surface area (Å²) in [6, 6.07) is 15.7. The minimum atomic E-state index is -0.864. The number of hydrogen-bond acceptors (Lipinski definition) is 5. The first-order valence-electron chi connectivity index (χ1n) is 9.16. The third-order valence-electron chi connectivity index (χ3n) is 4.07. The van der Waals surface area contributed by atoms with E-state index in [1.807, 2.05) is 49.4 Å². The van der Waals surface area contributed by atoms with Crippen LogP contribution in [0.25, 0.3) is 10.2 Å². The summed E-state index contributed by atoms with van der Waals surface area (Å²) >= 11 is 1.69. The van der Waals surface area contributed by atoms with Gasteiger partial charge in [-0.25, -0.2) is 9.78 Å². The van der Waals surface area contributed by atoms with Gasteiger partial charge in [0.2, 0.25) is 0 Å². The van der Waals surface area contributed by atoms with Gasteiger partial charge in [0.15, 0.2) is 6.10 Å². The van der Waals surface area contributed by atoms with E-state index in [1.54, 1.807) is 24.3 Å². The molecule has 0 bridgehead atoms. The van der Waals surface area contributed by atoms with Crippen molar-refractivity contribution < 1.29 is 14.3 Å². The van der Waals surface area contributed by atoms with Crippen molar-refractivity contribution in [3.05, 3.63) is 71.3 Å². The van der Waals surface area contributed by atoms with Gasteiger partial charge in [-0.3, -0.25) is 4.79 Å². The smallest absolute Gasteiger partial charge is 0.331 e. The zero-order chi connectivity index (χ0) is 19.9. The van der Waals surface area contributed by atoms with Crippen LogP contribution in [0, 0.1) is 0 Å². The van der Waals surface area contributed by atoms with E-state index in [4.69, 9.17) is 4.74 Å². The minimum Gasteiger partial charge on any atom is -0.449 e. The molecule has 1 N–H and O–H groups in total. The quantitative estimate of drug-likeness (QED) is 0.465. The highest BCUT2D eigenvalue weighted by Gasteiger charge is 2.16. The predicted molar refractivity (Wildman–Crippen MR) is 112 cm³/mol. The average molecular weight is 394 g/mol. The largest absolute Gasteiger partial charge is 0.449 e. The minimum absolute atomic E-state index is 0.364. The summed E-state index contributed by atoms with van der Waals surface area (Å²) in [6.07, 6.45) is 3.64. The van der Waals surface area contributed by atoms with Gasteiger partial charge in [0, 0.05) is 18.2 Å². The van der Waals surface area contributed by atoms with E-state index >= 15 is 0 Å². The van der Waals surface area contributed by atoms with Crippen LogP contribution in [0.15, 0.2) is 60.7 Å². The molecule has 6 heteroatoms. The summed E-state index contributed by atoms with van der Waals surface area (Å²) in [4.78, 5) is 28.4. The lowest BCUT2D eigenvalue weighted by atomic mass is 10.1. The van der Waals surface area contributed by atoms with Crippen molar-refractivity contribution in [1.29, 1.82) is 0 Å². The summed E-state index contributed by atoms with van der Waals surface area (Å²) in [5.74, 6) is -0.882. The molecule has 0 saturated carbocycles. The third kappa shape index (κ3) is 5.27. The number of nitrogens with one attached hydrogen (secondary N) is 1. The molecule has 3 rings (SSSR count). The summed E-state index contributed by atoms with van der Waals surface area (Å²) in [5, 5.41) is 3.82. The molecule has 1 aromatic heterocycles. The Labute approximate surface area is 168 Å². The number of hydrogen-bond donors (Lipinski definition) is 1. The van der Waals surface area contributed by atoms with Crippen molar-refractivity contribution in [2.24, 2.45) is 0 Å². The molecule has 0 fully saturated rings. The Hall–Kier alpha value is -2.99. The molecular weight excluding hydrogens is 372 g/mol. The molecule has 5 nitrogen and oxygen atoms in total. The van der Waals surface area contributed by atoms with E-state index in [2.05, 4.69) is 16.4 Å². The zero-order valence-electron chi connectivity index (χ0n) is 15.8. The topological polar surface area (TPSA) is 68.3 Å². The number of ether oxygens (including phenoxy) is 1. The lowest BCUT2D eigenvalue weighted by molar-refractivity contribution is -0.148. The maximum absolute atomic E-state index is 12.2. The lowest BCUT2D eigenvalue weighted by Crippen LogP contribution is -2.29. The highest BCUT2D eigenvalue weighted by atomic mass is 32.1. The van der Waals surface area contributed by atoms with Gasteiger partial charge in [0.05, 0.1) is 15.2 Å². The summed E-state index contributed by atoms with van der Waals surface area (Å²) < 4.78 is 6.25. The second-order valence-corrected chi connectivity index (χ2v) is 7.44. The molecule has 1 amide bonds. The van der Waals surface area contributed by atoms with Crippen LogP contribution in [0.3, 0.4) is 0 Å². The number of benzene rings is 2. The van der Waals surface area contributed by atoms with E-state index in [1.165, 1.54) is 10.8 Å². The van der Waals surface area contributed by atoms with E-state index < -0.39 is 12.1 Å². The van der Waals surface area contributed by atoms with Crippen LogP contribution in [0.4, 0.5) is 5.69 Å². The second kappa shape index (κ2) is 9.28. The molecule has 0 unspecified atom stereocenters. The predicted octanol–water partition coefficient (Wildman–Crippen LogP) is 4.72. The fourth-order valence-electron chi connectivity index (χ4n) is 2.60. The molecule has 3 aromatic rings. The first-order valence-corrected chi connectivity index (χ1v) is 9.98. The summed E-state index contributed by atoms with van der Waals surface area (Å²) in [7, 11) is 0. The van der Waals surface area contributed by atoms with Crippen LogP contribution in [0.2, 0.25) is 0 Å². The molecule has 2 aromatic carbocycles. The molecule has 144 valence electrons. The number of anilines is 1. The monoisotopic (exact) mass is 394 g/mol. The van der Waals surface area contributed by atoms with Gasteiger partial charge in [-0.2, -0.15) is 0 Å². The first-order chi connectivity index (χ1) is 13.5. The van der Waals surface area contributed by atoms with Crippen molar-refractivity contribution in [3.8, 4) is 0 Å². The number of carbonyl (C=O) groups is 2. The van der Waals surface area contributed by atoms with Crippen molar-refractivity contribution in [2.45, 2.75) is 32.8 Å². The van der Waals surface area contributed by atoms with E-state index in [0.29, 0.717) is 5.69 Å². The van der Waals surface area contributed by atoms with Gasteiger partial charge in [-0.05, 0) is 43.2 Å². The molecule has 0 saturated heterocycles. The standard InChI is InChI=1S/C22H22N2O3S/c1-3-4-9-21(25)27-15(2)22(26)23-17-12-10-16(11-13-17)14-20-24-18-7-5-6-8-19(18)28-20/h4-13,15H,3,14H2,1-2H3,(H,23,26)/b9-4+/t15-/m0/s1. The number of carbonyl (C=O) groups excluding carboxylic acids is 2. The van der Waals surface area contributed by atoms with Gasteiger partial charge >= 0.3 is 5.97 Å². The molecule has 0 aliphatic rings. The molecule has 0 aliphatic heterocycles. The van der Waals surface area contributed by atoms with Crippen molar-refractivity contribution in [2.75, 3.05) is 5.32 Å². The lowest BCUT2D eigenvalue weighted by Gasteiger charge is -2.12. The molecule has 0 aliphatic carbocycles. The SMILES string of the molecule is CC/C=C/C(=O)O[C@@H](C)C(=O)Nc1ccc(Cc2nc3ccccc3s2)cc1. The Morgan fingerprint density at radius 2 is 1.93 bits per heavy atom. The number of fused-ring (bicyclic) bond motifs is 1. The second-order valence-electron chi connectivity index (χ2n) is 6.33. The number of thiazole rings is 1. The molecule has 0 spiro atoms. The van der Waals surface area contributed by atoms with E-state index in [9.17, 15) is 9.59 Å². The van der Waals surface area contributed by atoms with Gasteiger partial charge in [-0.15, -0.1) is 11.3 Å². The molecule has 0 radical (unpaired) electrons. The summed E-state index contributed by atoms with van der Waals surface area (Å²) in [5.41, 5.74) is 2.79. The number of para-hydroxylation sites is 1. The average Bonchev–Trinajstić information content (AvgIpc) is 3.10. The maximum Gasteiger partial charge on any atom is 0.331 e. The highest BCUT2D eigenvalue weighted by molar-refractivity contribution is 7.18. The molecular formula is C22H22N2O3S. The van der Waals surface area contributed by atoms with E-state index in [0.717, 1.165) is 28.9 Å². The maximum atomic E-state index is 12.2. The summed E-state index contributed by atoms with van der Waals surface area (Å²) in [6.45, 7) is 3.47. The Bertz CT molecular complexity index is 959. The number of nitrogens with zero attached hydrogens (tertiary/aromatic N) is 1. The van der Waals surface area contributed by atoms with Crippen molar-refractivity contribution in [1.82, 2.24) is 4.98 Å². The fourth-order valence-corrected chi connectivity index (χ4v) is 3.60. The molecule has 1 heterocycles. The molecule has 28 heavy (non-hydrogen) atoms. The number of esters is 1. The Balaban J connectivity index is 1.57. The van der Waals surface area contributed by atoms with E-state index in [-0.39, 0.29) is 5.91 Å². The van der Waals surface area contributed by atoms with Crippen molar-refractivity contribution >= 4 is 39.1 Å². The van der Waals surface area contributed by atoms with Crippen LogP contribution in [0.1, 0.15) is 30.8 Å². The fraction of sp³-hybridized carbons (Fsp3) is 0.227. The van der Waals surface area contributed by atoms with Crippen LogP contribution >= 0.6 is 11.3 Å². The first kappa shape index (κ1) is 19.8. The van der Waals surface area contributed by atoms with Crippen LogP contribution in [0.5, 0.6) is 0 Å². The third-order valence-corrected chi connectivity index (χ3v) is 5.10. The van der Waals surface area contributed by atoms with Gasteiger partial charge < -0.3 is 10.1 Å². The Kier molecular flexibility index (Phi) is 6.55. The van der Waals surface area contributed by atoms with Crippen LogP contribution in [-0.2, 0) is 20.7 Å². The van der Waals surface area contributed by atoms with Gasteiger partial charge in [0.25, 0.3) is 5.91 Å². The number of allylic oxidation sites excluding steroid dienone is 1. The number of rotatable bonds is 7. The molecule has 1 atom stereocenters. The number of amides is 1. The van der Waals surface area contributed by atoms with Crippen LogP contribution in [-0.4, -0.2) is 23.0 Å².